The summed E-state index contributed by atoms with van der Waals surface area (Å²) in [5.41, 5.74) is 6.79. The first-order chi connectivity index (χ1) is 15.8. The number of rotatable bonds is 5. The molecular weight excluding hydrogens is 417 g/mol. The highest BCUT2D eigenvalue weighted by atomic mass is 19.1. The van der Waals surface area contributed by atoms with Gasteiger partial charge in [0.15, 0.2) is 0 Å². The second kappa shape index (κ2) is 8.41. The number of alkyl halides is 1. The molecule has 1 N–H and O–H groups in total. The Morgan fingerprint density at radius 3 is 2.52 bits per heavy atom. The van der Waals surface area contributed by atoms with Crippen LogP contribution in [0, 0.1) is 19.8 Å². The number of nitrogens with zero attached hydrogens (tertiary/aromatic N) is 3. The molecule has 0 saturated heterocycles. The van der Waals surface area contributed by atoms with Crippen LogP contribution in [0.4, 0.5) is 4.39 Å². The molecule has 6 heteroatoms. The average molecular weight is 448 g/mol. The first-order valence-corrected chi connectivity index (χ1v) is 11.7. The van der Waals surface area contributed by atoms with Crippen LogP contribution in [-0.4, -0.2) is 25.5 Å². The van der Waals surface area contributed by atoms with Gasteiger partial charge in [-0.2, -0.15) is 0 Å². The number of halogens is 1. The molecular formula is C27H30FN3O2. The van der Waals surface area contributed by atoms with E-state index in [1.54, 1.807) is 6.92 Å². The zero-order chi connectivity index (χ0) is 23.2. The Morgan fingerprint density at radius 2 is 1.88 bits per heavy atom. The van der Waals surface area contributed by atoms with E-state index in [0.717, 1.165) is 69.7 Å². The molecule has 33 heavy (non-hydrogen) atoms. The number of aryl methyl sites for hydroxylation is 2. The third-order valence-electron chi connectivity index (χ3n) is 7.09. The topological polar surface area (TPSA) is 64.1 Å². The first-order valence-electron chi connectivity index (χ1n) is 11.7. The molecule has 5 nitrogen and oxygen atoms in total. The highest BCUT2D eigenvalue weighted by Crippen LogP contribution is 2.38. The fraction of sp³-hybridized carbons (Fsp3) is 0.407. The molecule has 172 valence electrons. The van der Waals surface area contributed by atoms with Crippen molar-refractivity contribution >= 4 is 11.0 Å². The molecule has 0 atom stereocenters. The lowest BCUT2D eigenvalue weighted by Gasteiger charge is -2.31. The smallest absolute Gasteiger partial charge is 0.141 e. The Labute approximate surface area is 193 Å². The molecule has 4 aromatic rings. The van der Waals surface area contributed by atoms with Crippen molar-refractivity contribution in [3.63, 3.8) is 0 Å². The minimum absolute atomic E-state index is 0.0241. The van der Waals surface area contributed by atoms with Gasteiger partial charge >= 0.3 is 0 Å². The molecule has 3 aromatic heterocycles. The predicted octanol–water partition coefficient (Wildman–Crippen LogP) is 6.39. The number of hydrogen-bond acceptors (Lipinski definition) is 4. The Bertz CT molecular complexity index is 1260. The Kier molecular flexibility index (Phi) is 5.57. The molecule has 0 spiro atoms. The second-order valence-corrected chi connectivity index (χ2v) is 9.70. The van der Waals surface area contributed by atoms with Gasteiger partial charge in [0.1, 0.15) is 11.4 Å². The van der Waals surface area contributed by atoms with Crippen LogP contribution in [-0.2, 0) is 13.2 Å². The lowest BCUT2D eigenvalue weighted by Crippen LogP contribution is -2.27. The van der Waals surface area contributed by atoms with Crippen LogP contribution in [0.2, 0.25) is 0 Å². The Hall–Kier alpha value is -2.99. The summed E-state index contributed by atoms with van der Waals surface area (Å²) in [6.45, 7) is 6.45. The molecule has 1 fully saturated rings. The van der Waals surface area contributed by atoms with Crippen LogP contribution < -0.4 is 0 Å². The van der Waals surface area contributed by atoms with Gasteiger partial charge in [0.2, 0.25) is 0 Å². The minimum Gasteiger partial charge on any atom is -0.392 e. The number of aliphatic hydroxyl groups is 1. The number of hydrogen-bond donors (Lipinski definition) is 1. The quantitative estimate of drug-likeness (QED) is 0.385. The molecule has 0 unspecified atom stereocenters. The van der Waals surface area contributed by atoms with Crippen LogP contribution in [0.1, 0.15) is 49.6 Å². The summed E-state index contributed by atoms with van der Waals surface area (Å²) in [7, 11) is 0. The summed E-state index contributed by atoms with van der Waals surface area (Å²) in [6, 6.07) is 10.1. The predicted molar refractivity (Wildman–Crippen MR) is 128 cm³/mol. The molecule has 1 aliphatic rings. The molecule has 3 heterocycles. The zero-order valence-corrected chi connectivity index (χ0v) is 19.4. The van der Waals surface area contributed by atoms with E-state index in [0.29, 0.717) is 18.8 Å². The third-order valence-corrected chi connectivity index (χ3v) is 7.09. The summed E-state index contributed by atoms with van der Waals surface area (Å²) < 4.78 is 22.0. The first kappa shape index (κ1) is 21.8. The zero-order valence-electron chi connectivity index (χ0n) is 19.4. The van der Waals surface area contributed by atoms with E-state index >= 15 is 0 Å². The van der Waals surface area contributed by atoms with Crippen molar-refractivity contribution in [2.45, 2.75) is 65.3 Å². The summed E-state index contributed by atoms with van der Waals surface area (Å²) in [6.07, 6.45) is 7.09. The van der Waals surface area contributed by atoms with Gasteiger partial charge in [-0.15, -0.1) is 0 Å². The van der Waals surface area contributed by atoms with E-state index < -0.39 is 5.67 Å². The average Bonchev–Trinajstić information content (AvgIpc) is 3.34. The number of aromatic nitrogens is 3. The summed E-state index contributed by atoms with van der Waals surface area (Å²) in [5.74, 6) is 1.22. The standard InChI is InChI=1S/C27H30FN3O2/c1-17-25(18(2)33-30-17)22-12-24-26(29-13-22)23(21-6-4-20(16-32)5-7-21)15-31(24)14-19-8-10-27(3,28)11-9-19/h4-7,12-13,15,19,32H,8-11,14,16H2,1-3H3. The summed E-state index contributed by atoms with van der Waals surface area (Å²) in [4.78, 5) is 4.88. The Balaban J connectivity index is 1.59. The fourth-order valence-electron chi connectivity index (χ4n) is 5.09. The number of aliphatic hydroxyl groups excluding tert-OH is 1. The molecule has 1 saturated carbocycles. The summed E-state index contributed by atoms with van der Waals surface area (Å²) >= 11 is 0. The van der Waals surface area contributed by atoms with Crippen molar-refractivity contribution in [3.8, 4) is 22.3 Å². The minimum atomic E-state index is -1.03. The van der Waals surface area contributed by atoms with Crippen molar-refractivity contribution in [1.82, 2.24) is 14.7 Å². The van der Waals surface area contributed by atoms with Gasteiger partial charge < -0.3 is 14.2 Å². The van der Waals surface area contributed by atoms with Gasteiger partial charge in [0.05, 0.1) is 23.3 Å². The van der Waals surface area contributed by atoms with Crippen LogP contribution in [0.3, 0.4) is 0 Å². The molecule has 1 aromatic carbocycles. The highest BCUT2D eigenvalue weighted by Gasteiger charge is 2.31. The van der Waals surface area contributed by atoms with Crippen LogP contribution in [0.15, 0.2) is 47.2 Å². The van der Waals surface area contributed by atoms with Crippen LogP contribution in [0.5, 0.6) is 0 Å². The van der Waals surface area contributed by atoms with Crippen LogP contribution in [0.25, 0.3) is 33.3 Å². The lowest BCUT2D eigenvalue weighted by molar-refractivity contribution is 0.0985. The number of pyridine rings is 1. The van der Waals surface area contributed by atoms with E-state index in [2.05, 4.69) is 22.0 Å². The monoisotopic (exact) mass is 447 g/mol. The highest BCUT2D eigenvalue weighted by molar-refractivity contribution is 5.95. The molecule has 5 rings (SSSR count). The van der Waals surface area contributed by atoms with Gasteiger partial charge in [-0.25, -0.2) is 4.39 Å². The van der Waals surface area contributed by atoms with Crippen molar-refractivity contribution in [2.24, 2.45) is 5.92 Å². The summed E-state index contributed by atoms with van der Waals surface area (Å²) in [5, 5.41) is 13.5. The number of benzene rings is 1. The Morgan fingerprint density at radius 1 is 1.15 bits per heavy atom. The molecule has 0 bridgehead atoms. The van der Waals surface area contributed by atoms with Crippen molar-refractivity contribution in [2.75, 3.05) is 0 Å². The van der Waals surface area contributed by atoms with Gasteiger partial charge in [-0.05, 0) is 69.6 Å². The molecule has 0 aliphatic heterocycles. The van der Waals surface area contributed by atoms with E-state index in [1.165, 1.54) is 0 Å². The van der Waals surface area contributed by atoms with Crippen LogP contribution >= 0.6 is 0 Å². The number of fused-ring (bicyclic) bond motifs is 1. The largest absolute Gasteiger partial charge is 0.392 e. The van der Waals surface area contributed by atoms with E-state index in [-0.39, 0.29) is 6.61 Å². The molecule has 0 amide bonds. The van der Waals surface area contributed by atoms with Gasteiger partial charge in [0, 0.05) is 35.6 Å². The third kappa shape index (κ3) is 4.20. The van der Waals surface area contributed by atoms with Crippen molar-refractivity contribution < 1.29 is 14.0 Å². The maximum absolute atomic E-state index is 14.4. The normalized spacial score (nSPS) is 21.1. The van der Waals surface area contributed by atoms with Crippen molar-refractivity contribution in [3.05, 3.63) is 59.7 Å². The van der Waals surface area contributed by atoms with Gasteiger partial charge in [0.25, 0.3) is 0 Å². The fourth-order valence-corrected chi connectivity index (χ4v) is 5.09. The lowest BCUT2D eigenvalue weighted by atomic mass is 9.81. The van der Waals surface area contributed by atoms with E-state index in [4.69, 9.17) is 9.51 Å². The maximum Gasteiger partial charge on any atom is 0.141 e. The molecule has 0 radical (unpaired) electrons. The maximum atomic E-state index is 14.4. The van der Waals surface area contributed by atoms with Gasteiger partial charge in [-0.1, -0.05) is 29.4 Å². The van der Waals surface area contributed by atoms with Crippen molar-refractivity contribution in [1.29, 1.82) is 0 Å². The SMILES string of the molecule is Cc1noc(C)c1-c1cnc2c(-c3ccc(CO)cc3)cn(CC3CCC(C)(F)CC3)c2c1. The second-order valence-electron chi connectivity index (χ2n) is 9.70. The van der Waals surface area contributed by atoms with E-state index in [9.17, 15) is 9.50 Å². The van der Waals surface area contributed by atoms with E-state index in [1.807, 2.05) is 44.3 Å². The molecule has 1 aliphatic carbocycles. The van der Waals surface area contributed by atoms with Gasteiger partial charge in [-0.3, -0.25) is 4.98 Å².